The molecule has 30 heavy (non-hydrogen) atoms. The zero-order valence-corrected chi connectivity index (χ0v) is 16.9. The maximum atomic E-state index is 14.6. The molecule has 2 aliphatic rings. The lowest BCUT2D eigenvalue weighted by Gasteiger charge is -2.38. The highest BCUT2D eigenvalue weighted by Gasteiger charge is 2.52. The maximum absolute atomic E-state index is 14.6. The largest absolute Gasteiger partial charge is 0.504 e. The van der Waals surface area contributed by atoms with E-state index in [1.807, 2.05) is 19.1 Å². The van der Waals surface area contributed by atoms with Crippen molar-refractivity contribution in [2.75, 3.05) is 13.9 Å². The van der Waals surface area contributed by atoms with Gasteiger partial charge in [-0.05, 0) is 54.5 Å². The number of halogens is 1. The molecule has 1 fully saturated rings. The molecule has 0 spiro atoms. The molecule has 2 aromatic rings. The monoisotopic (exact) mass is 413 g/mol. The van der Waals surface area contributed by atoms with Gasteiger partial charge >= 0.3 is 0 Å². The summed E-state index contributed by atoms with van der Waals surface area (Å²) < 4.78 is 31.2. The molecule has 0 bridgehead atoms. The molecule has 0 amide bonds. The number of nitrogens with zero attached hydrogens (tertiary/aromatic N) is 1. The molecular formula is C23H24FNO5. The fraction of sp³-hybridized carbons (Fsp3) is 0.391. The van der Waals surface area contributed by atoms with E-state index in [0.29, 0.717) is 30.6 Å². The molecule has 0 unspecified atom stereocenters. The summed E-state index contributed by atoms with van der Waals surface area (Å²) in [6, 6.07) is 6.34. The van der Waals surface area contributed by atoms with Gasteiger partial charge in [-0.15, -0.1) is 0 Å². The number of benzene rings is 1. The average Bonchev–Trinajstić information content (AvgIpc) is 3.15. The second-order valence-corrected chi connectivity index (χ2v) is 7.89. The average molecular weight is 413 g/mol. The highest BCUT2D eigenvalue weighted by atomic mass is 19.1. The Morgan fingerprint density at radius 3 is 2.87 bits per heavy atom. The van der Waals surface area contributed by atoms with Crippen LogP contribution in [0, 0.1) is 17.7 Å². The molecule has 1 aromatic heterocycles. The van der Waals surface area contributed by atoms with E-state index in [0.717, 1.165) is 5.56 Å². The molecule has 0 radical (unpaired) electrons. The van der Waals surface area contributed by atoms with E-state index < -0.39 is 11.4 Å². The van der Waals surface area contributed by atoms with Crippen molar-refractivity contribution >= 4 is 5.78 Å². The van der Waals surface area contributed by atoms with Crippen LogP contribution in [0.2, 0.25) is 0 Å². The van der Waals surface area contributed by atoms with Crippen LogP contribution in [0.1, 0.15) is 24.5 Å². The lowest BCUT2D eigenvalue weighted by atomic mass is 9.71. The van der Waals surface area contributed by atoms with Gasteiger partial charge in [-0.25, -0.2) is 4.39 Å². The molecule has 0 saturated carbocycles. The van der Waals surface area contributed by atoms with Gasteiger partial charge in [0.15, 0.2) is 24.1 Å². The fourth-order valence-electron chi connectivity index (χ4n) is 4.39. The molecule has 6 nitrogen and oxygen atoms in total. The molecule has 1 aliphatic heterocycles. The van der Waals surface area contributed by atoms with Crippen LogP contribution in [-0.2, 0) is 27.1 Å². The lowest BCUT2D eigenvalue weighted by Crippen LogP contribution is -2.45. The van der Waals surface area contributed by atoms with Crippen molar-refractivity contribution in [3.8, 4) is 11.5 Å². The van der Waals surface area contributed by atoms with Crippen molar-refractivity contribution in [1.82, 2.24) is 4.98 Å². The van der Waals surface area contributed by atoms with Gasteiger partial charge in [0.05, 0.1) is 7.11 Å². The SMILES string of the molecule is COc1cc(F)c(C[C@H](C)[C@]23C[C@H](Cc4ccncc4)C(=O)C=C2OCO3)cc1O. The first kappa shape index (κ1) is 20.3. The van der Waals surface area contributed by atoms with Crippen LogP contribution in [0.5, 0.6) is 11.5 Å². The van der Waals surface area contributed by atoms with E-state index in [1.165, 1.54) is 25.3 Å². The number of allylic oxidation sites excluding steroid dienone is 1. The van der Waals surface area contributed by atoms with Gasteiger partial charge < -0.3 is 19.3 Å². The van der Waals surface area contributed by atoms with Crippen LogP contribution in [0.3, 0.4) is 0 Å². The molecule has 7 heteroatoms. The number of rotatable bonds is 6. The number of methoxy groups -OCH3 is 1. The standard InChI is InChI=1S/C23H24FNO5/c1-14(7-16-9-20(27)21(28-2)10-18(16)24)23-12-17(8-15-3-5-25-6-4-15)19(26)11-22(23)29-13-30-23/h3-6,9-11,14,17,27H,7-8,12-13H2,1-2H3/t14-,17-,23+/m0/s1. The quantitative estimate of drug-likeness (QED) is 0.780. The number of ether oxygens (including phenoxy) is 3. The second kappa shape index (κ2) is 8.07. The predicted octanol–water partition coefficient (Wildman–Crippen LogP) is 3.57. The van der Waals surface area contributed by atoms with Crippen molar-refractivity contribution in [2.45, 2.75) is 31.8 Å². The Morgan fingerprint density at radius 2 is 2.13 bits per heavy atom. The Hall–Kier alpha value is -2.93. The molecule has 1 aromatic carbocycles. The fourth-order valence-corrected chi connectivity index (χ4v) is 4.39. The Labute approximate surface area is 174 Å². The van der Waals surface area contributed by atoms with E-state index in [1.54, 1.807) is 12.4 Å². The Kier molecular flexibility index (Phi) is 5.47. The van der Waals surface area contributed by atoms with E-state index in [-0.39, 0.29) is 35.9 Å². The number of ketones is 1. The van der Waals surface area contributed by atoms with Crippen molar-refractivity contribution < 1.29 is 28.5 Å². The predicted molar refractivity (Wildman–Crippen MR) is 106 cm³/mol. The molecule has 158 valence electrons. The van der Waals surface area contributed by atoms with E-state index >= 15 is 0 Å². The van der Waals surface area contributed by atoms with Crippen LogP contribution in [-0.4, -0.2) is 35.4 Å². The van der Waals surface area contributed by atoms with Crippen LogP contribution < -0.4 is 4.74 Å². The first-order chi connectivity index (χ1) is 14.4. The molecule has 1 N–H and O–H groups in total. The summed E-state index contributed by atoms with van der Waals surface area (Å²) in [6.45, 7) is 2.00. The third kappa shape index (κ3) is 3.65. The number of carbonyl (C=O) groups excluding carboxylic acids is 1. The van der Waals surface area contributed by atoms with Crippen LogP contribution in [0.25, 0.3) is 0 Å². The number of hydrogen-bond donors (Lipinski definition) is 1. The van der Waals surface area contributed by atoms with Crippen molar-refractivity contribution in [2.24, 2.45) is 11.8 Å². The number of pyridine rings is 1. The van der Waals surface area contributed by atoms with Crippen molar-refractivity contribution in [1.29, 1.82) is 0 Å². The Morgan fingerprint density at radius 1 is 1.37 bits per heavy atom. The van der Waals surface area contributed by atoms with Gasteiger partial charge in [0.25, 0.3) is 0 Å². The molecule has 2 heterocycles. The first-order valence-corrected chi connectivity index (χ1v) is 9.90. The summed E-state index contributed by atoms with van der Waals surface area (Å²) >= 11 is 0. The third-order valence-electron chi connectivity index (χ3n) is 6.07. The number of aromatic nitrogens is 1. The van der Waals surface area contributed by atoms with Crippen LogP contribution in [0.15, 0.2) is 48.5 Å². The molecule has 1 saturated heterocycles. The highest BCUT2D eigenvalue weighted by molar-refractivity contribution is 5.94. The summed E-state index contributed by atoms with van der Waals surface area (Å²) in [5.41, 5.74) is 0.564. The molecule has 1 aliphatic carbocycles. The normalized spacial score (nSPS) is 24.0. The third-order valence-corrected chi connectivity index (χ3v) is 6.07. The Bertz CT molecular complexity index is 977. The second-order valence-electron chi connectivity index (χ2n) is 7.89. The van der Waals surface area contributed by atoms with E-state index in [2.05, 4.69) is 4.98 Å². The van der Waals surface area contributed by atoms with Gasteiger partial charge in [0, 0.05) is 30.5 Å². The van der Waals surface area contributed by atoms with Crippen LogP contribution >= 0.6 is 0 Å². The van der Waals surface area contributed by atoms with Gasteiger partial charge in [-0.2, -0.15) is 0 Å². The summed E-state index contributed by atoms with van der Waals surface area (Å²) in [6.07, 6.45) is 6.26. The summed E-state index contributed by atoms with van der Waals surface area (Å²) in [5, 5.41) is 10.1. The first-order valence-electron chi connectivity index (χ1n) is 9.90. The van der Waals surface area contributed by atoms with Crippen molar-refractivity contribution in [3.05, 3.63) is 65.4 Å². The number of fused-ring (bicyclic) bond motifs is 1. The van der Waals surface area contributed by atoms with E-state index in [9.17, 15) is 14.3 Å². The van der Waals surface area contributed by atoms with E-state index in [4.69, 9.17) is 14.2 Å². The summed E-state index contributed by atoms with van der Waals surface area (Å²) in [5.74, 6) is -0.447. The van der Waals surface area contributed by atoms with Gasteiger partial charge in [0.1, 0.15) is 17.2 Å². The Balaban J connectivity index is 1.60. The maximum Gasteiger partial charge on any atom is 0.189 e. The molecule has 4 rings (SSSR count). The zero-order chi connectivity index (χ0) is 21.3. The van der Waals surface area contributed by atoms with Gasteiger partial charge in [-0.3, -0.25) is 9.78 Å². The topological polar surface area (TPSA) is 77.9 Å². The zero-order valence-electron chi connectivity index (χ0n) is 16.9. The number of carbonyl (C=O) groups is 1. The van der Waals surface area contributed by atoms with Gasteiger partial charge in [0.2, 0.25) is 0 Å². The lowest BCUT2D eigenvalue weighted by molar-refractivity contribution is -0.123. The number of hydrogen-bond acceptors (Lipinski definition) is 6. The summed E-state index contributed by atoms with van der Waals surface area (Å²) in [4.78, 5) is 16.7. The van der Waals surface area contributed by atoms with Crippen molar-refractivity contribution in [3.63, 3.8) is 0 Å². The summed E-state index contributed by atoms with van der Waals surface area (Å²) in [7, 11) is 1.37. The molecule has 3 atom stereocenters. The highest BCUT2D eigenvalue weighted by Crippen LogP contribution is 2.46. The minimum Gasteiger partial charge on any atom is -0.504 e. The van der Waals surface area contributed by atoms with Gasteiger partial charge in [-0.1, -0.05) is 6.92 Å². The minimum atomic E-state index is -0.812. The number of aromatic hydroxyl groups is 1. The number of phenolic OH excluding ortho intramolecular Hbond substituents is 1. The van der Waals surface area contributed by atoms with Crippen LogP contribution in [0.4, 0.5) is 4.39 Å². The smallest absolute Gasteiger partial charge is 0.189 e. The number of phenols is 1. The molecular weight excluding hydrogens is 389 g/mol. The minimum absolute atomic E-state index is 0.00316.